The van der Waals surface area contributed by atoms with Crippen LogP contribution in [0.5, 0.6) is 0 Å². The van der Waals surface area contributed by atoms with E-state index in [1.54, 1.807) is 0 Å². The maximum Gasteiger partial charge on any atom is 0.236 e. The lowest BCUT2D eigenvalue weighted by Crippen LogP contribution is -2.40. The Morgan fingerprint density at radius 3 is 2.57 bits per heavy atom. The van der Waals surface area contributed by atoms with Crippen LogP contribution in [0.3, 0.4) is 0 Å². The van der Waals surface area contributed by atoms with Gasteiger partial charge in [0.25, 0.3) is 0 Å². The zero-order chi connectivity index (χ0) is 19.7. The maximum absolute atomic E-state index is 12.9. The van der Waals surface area contributed by atoms with E-state index in [1.807, 2.05) is 49.1 Å². The van der Waals surface area contributed by atoms with E-state index in [0.29, 0.717) is 17.5 Å². The summed E-state index contributed by atoms with van der Waals surface area (Å²) in [5, 5.41) is 8.66. The zero-order valence-corrected chi connectivity index (χ0v) is 16.8. The summed E-state index contributed by atoms with van der Waals surface area (Å²) >= 11 is 1.35. The number of hydrogen-bond acceptors (Lipinski definition) is 5. The lowest BCUT2D eigenvalue weighted by atomic mass is 10.00. The van der Waals surface area contributed by atoms with Crippen molar-refractivity contribution >= 4 is 17.7 Å². The number of nitrogens with zero attached hydrogens (tertiary/aromatic N) is 4. The molecule has 1 aliphatic rings. The second-order valence-electron chi connectivity index (χ2n) is 7.08. The van der Waals surface area contributed by atoms with Gasteiger partial charge in [-0.3, -0.25) is 4.79 Å². The van der Waals surface area contributed by atoms with Gasteiger partial charge in [0.1, 0.15) is 0 Å². The zero-order valence-electron chi connectivity index (χ0n) is 16.0. The van der Waals surface area contributed by atoms with Crippen LogP contribution in [0.15, 0.2) is 53.7 Å². The molecule has 2 aromatic carbocycles. The van der Waals surface area contributed by atoms with Gasteiger partial charge < -0.3 is 10.7 Å². The SMILES string of the molecule is Cc1ccc(-c2nnc(S[C@H](C)C(=O)N3CCc4ccccc4C3)n2N)cc1. The molecule has 144 valence electrons. The summed E-state index contributed by atoms with van der Waals surface area (Å²) in [6.45, 7) is 5.33. The minimum absolute atomic E-state index is 0.0967. The lowest BCUT2D eigenvalue weighted by molar-refractivity contribution is -0.131. The van der Waals surface area contributed by atoms with E-state index < -0.39 is 0 Å². The first kappa shape index (κ1) is 18.6. The summed E-state index contributed by atoms with van der Waals surface area (Å²) in [5.74, 6) is 6.90. The summed E-state index contributed by atoms with van der Waals surface area (Å²) in [6, 6.07) is 16.3. The highest BCUT2D eigenvalue weighted by molar-refractivity contribution is 8.00. The van der Waals surface area contributed by atoms with Crippen molar-refractivity contribution in [2.45, 2.75) is 37.2 Å². The molecule has 0 bridgehead atoms. The van der Waals surface area contributed by atoms with E-state index in [9.17, 15) is 4.79 Å². The van der Waals surface area contributed by atoms with E-state index in [2.05, 4.69) is 28.4 Å². The number of nitrogen functional groups attached to an aromatic ring is 1. The van der Waals surface area contributed by atoms with Crippen molar-refractivity contribution in [3.63, 3.8) is 0 Å². The molecule has 6 nitrogen and oxygen atoms in total. The van der Waals surface area contributed by atoms with Crippen LogP contribution in [0.1, 0.15) is 23.6 Å². The Kier molecular flexibility index (Phi) is 5.09. The van der Waals surface area contributed by atoms with Crippen LogP contribution in [0.4, 0.5) is 0 Å². The molecular formula is C21H23N5OS. The number of aromatic nitrogens is 3. The fourth-order valence-corrected chi connectivity index (χ4v) is 4.26. The minimum atomic E-state index is -0.289. The number of hydrogen-bond donors (Lipinski definition) is 1. The Bertz CT molecular complexity index is 998. The third-order valence-electron chi connectivity index (χ3n) is 5.05. The number of amides is 1. The van der Waals surface area contributed by atoms with Gasteiger partial charge in [-0.2, -0.15) is 0 Å². The quantitative estimate of drug-likeness (QED) is 0.545. The second kappa shape index (κ2) is 7.67. The molecule has 0 spiro atoms. The molecule has 1 aliphatic heterocycles. The van der Waals surface area contributed by atoms with Crippen molar-refractivity contribution in [3.8, 4) is 11.4 Å². The minimum Gasteiger partial charge on any atom is -0.337 e. The number of aryl methyl sites for hydroxylation is 1. The van der Waals surface area contributed by atoms with Crippen LogP contribution in [0.25, 0.3) is 11.4 Å². The molecule has 0 aliphatic carbocycles. The Hall–Kier alpha value is -2.80. The van der Waals surface area contributed by atoms with Crippen molar-refractivity contribution in [1.29, 1.82) is 0 Å². The standard InChI is InChI=1S/C21H23N5OS/c1-14-7-9-17(10-8-14)19-23-24-21(26(19)22)28-15(2)20(27)25-12-11-16-5-3-4-6-18(16)13-25/h3-10,15H,11-13,22H2,1-2H3/t15-/m1/s1. The van der Waals surface area contributed by atoms with Crippen LogP contribution in [-0.4, -0.2) is 37.5 Å². The van der Waals surface area contributed by atoms with Crippen LogP contribution in [0.2, 0.25) is 0 Å². The number of benzene rings is 2. The molecule has 4 rings (SSSR count). The second-order valence-corrected chi connectivity index (χ2v) is 8.39. The number of carbonyl (C=O) groups is 1. The molecule has 0 saturated carbocycles. The average Bonchev–Trinajstić information content (AvgIpc) is 3.08. The molecule has 7 heteroatoms. The van der Waals surface area contributed by atoms with Crippen LogP contribution >= 0.6 is 11.8 Å². The van der Waals surface area contributed by atoms with Crippen molar-refractivity contribution in [2.24, 2.45) is 0 Å². The average molecular weight is 394 g/mol. The van der Waals surface area contributed by atoms with E-state index in [1.165, 1.54) is 33.1 Å². The van der Waals surface area contributed by atoms with Crippen LogP contribution in [0, 0.1) is 6.92 Å². The highest BCUT2D eigenvalue weighted by Crippen LogP contribution is 2.27. The first-order valence-electron chi connectivity index (χ1n) is 9.32. The first-order valence-corrected chi connectivity index (χ1v) is 10.2. The molecule has 2 heterocycles. The van der Waals surface area contributed by atoms with Gasteiger partial charge in [-0.1, -0.05) is 65.9 Å². The van der Waals surface area contributed by atoms with Gasteiger partial charge in [-0.15, -0.1) is 10.2 Å². The number of fused-ring (bicyclic) bond motifs is 1. The molecule has 1 aromatic heterocycles. The Balaban J connectivity index is 1.46. The molecule has 1 atom stereocenters. The van der Waals surface area contributed by atoms with E-state index in [4.69, 9.17) is 5.84 Å². The smallest absolute Gasteiger partial charge is 0.236 e. The summed E-state index contributed by atoms with van der Waals surface area (Å²) in [4.78, 5) is 14.9. The lowest BCUT2D eigenvalue weighted by Gasteiger charge is -2.30. The number of carbonyl (C=O) groups excluding carboxylic acids is 1. The molecule has 2 N–H and O–H groups in total. The van der Waals surface area contributed by atoms with Gasteiger partial charge in [0.05, 0.1) is 5.25 Å². The molecular weight excluding hydrogens is 370 g/mol. The highest BCUT2D eigenvalue weighted by atomic mass is 32.2. The molecule has 28 heavy (non-hydrogen) atoms. The first-order chi connectivity index (χ1) is 13.5. The Morgan fingerprint density at radius 1 is 1.11 bits per heavy atom. The molecule has 1 amide bonds. The monoisotopic (exact) mass is 393 g/mol. The molecule has 0 saturated heterocycles. The number of nitrogens with two attached hydrogens (primary N) is 1. The predicted molar refractivity (Wildman–Crippen MR) is 111 cm³/mol. The van der Waals surface area contributed by atoms with Crippen LogP contribution < -0.4 is 5.84 Å². The van der Waals surface area contributed by atoms with Crippen LogP contribution in [-0.2, 0) is 17.8 Å². The normalized spacial score (nSPS) is 14.6. The summed E-state index contributed by atoms with van der Waals surface area (Å²) in [5.41, 5.74) is 4.63. The Labute approximate surface area is 168 Å². The van der Waals surface area contributed by atoms with E-state index in [-0.39, 0.29) is 11.2 Å². The molecule has 3 aromatic rings. The van der Waals surface area contributed by atoms with Gasteiger partial charge in [0.2, 0.25) is 11.1 Å². The van der Waals surface area contributed by atoms with Gasteiger partial charge in [-0.05, 0) is 31.4 Å². The third kappa shape index (κ3) is 3.62. The van der Waals surface area contributed by atoms with E-state index >= 15 is 0 Å². The van der Waals surface area contributed by atoms with Crippen molar-refractivity contribution in [1.82, 2.24) is 19.8 Å². The summed E-state index contributed by atoms with van der Waals surface area (Å²) < 4.78 is 1.46. The third-order valence-corrected chi connectivity index (χ3v) is 6.09. The molecule has 0 unspecified atom stereocenters. The Morgan fingerprint density at radius 2 is 1.82 bits per heavy atom. The fourth-order valence-electron chi connectivity index (χ4n) is 3.41. The van der Waals surface area contributed by atoms with Crippen molar-refractivity contribution in [2.75, 3.05) is 12.4 Å². The van der Waals surface area contributed by atoms with Gasteiger partial charge in [-0.25, -0.2) is 4.68 Å². The number of rotatable bonds is 4. The predicted octanol–water partition coefficient (Wildman–Crippen LogP) is 3.03. The van der Waals surface area contributed by atoms with Gasteiger partial charge in [0, 0.05) is 18.7 Å². The fraction of sp³-hybridized carbons (Fsp3) is 0.286. The van der Waals surface area contributed by atoms with Gasteiger partial charge >= 0.3 is 0 Å². The highest BCUT2D eigenvalue weighted by Gasteiger charge is 2.27. The van der Waals surface area contributed by atoms with Crippen molar-refractivity contribution < 1.29 is 4.79 Å². The summed E-state index contributed by atoms with van der Waals surface area (Å²) in [6.07, 6.45) is 0.893. The van der Waals surface area contributed by atoms with Crippen molar-refractivity contribution in [3.05, 3.63) is 65.2 Å². The maximum atomic E-state index is 12.9. The summed E-state index contributed by atoms with van der Waals surface area (Å²) in [7, 11) is 0. The largest absolute Gasteiger partial charge is 0.337 e. The van der Waals surface area contributed by atoms with E-state index in [0.717, 1.165) is 18.5 Å². The molecule has 0 fully saturated rings. The molecule has 0 radical (unpaired) electrons. The topological polar surface area (TPSA) is 77.0 Å². The number of thioether (sulfide) groups is 1. The van der Waals surface area contributed by atoms with Gasteiger partial charge in [0.15, 0.2) is 5.82 Å².